The van der Waals surface area contributed by atoms with Gasteiger partial charge in [-0.3, -0.25) is 5.32 Å². The van der Waals surface area contributed by atoms with Crippen LogP contribution in [0.1, 0.15) is 32.0 Å². The van der Waals surface area contributed by atoms with Gasteiger partial charge in [0.1, 0.15) is 29.3 Å². The van der Waals surface area contributed by atoms with Gasteiger partial charge >= 0.3 is 6.03 Å². The summed E-state index contributed by atoms with van der Waals surface area (Å²) < 4.78 is 45.7. The summed E-state index contributed by atoms with van der Waals surface area (Å²) in [6.07, 6.45) is 0.861. The first-order chi connectivity index (χ1) is 18.8. The number of halogens is 1. The van der Waals surface area contributed by atoms with E-state index in [-0.39, 0.29) is 22.4 Å². The molecule has 4 aromatic rings. The third-order valence-corrected chi connectivity index (χ3v) is 6.30. The number of anilines is 3. The first kappa shape index (κ1) is 28.0. The van der Waals surface area contributed by atoms with Crippen molar-refractivity contribution in [1.82, 2.24) is 19.7 Å². The van der Waals surface area contributed by atoms with E-state index in [1.54, 1.807) is 16.8 Å². The van der Waals surface area contributed by atoms with Crippen molar-refractivity contribution in [3.05, 3.63) is 71.7 Å². The number of nitrogen functional groups attached to an aromatic ring is 1. The highest BCUT2D eigenvalue weighted by Crippen LogP contribution is 2.30. The number of carbonyl (C=O) groups excluding carboxylic acids is 1. The third kappa shape index (κ3) is 6.16. The lowest BCUT2D eigenvalue weighted by Crippen LogP contribution is -2.22. The molecule has 0 bridgehead atoms. The standard InChI is InChI=1S/C26H25FN8O4S/c1-26(2,3)20-13-21(35(34-20)15-8-6-5-7-9-15)31-24(36)30-19-11-10-16(12-18(19)27)39-23-17(14-28)22(29)32-25(33-23)40(4,37)38/h5-13H,1-4H3,(H2,29,32,33)(H2,30,31,36). The maximum atomic E-state index is 14.9. The summed E-state index contributed by atoms with van der Waals surface area (Å²) in [4.78, 5) is 20.2. The molecule has 0 atom stereocenters. The van der Waals surface area contributed by atoms with Gasteiger partial charge in [0.2, 0.25) is 15.7 Å². The lowest BCUT2D eigenvalue weighted by molar-refractivity contribution is 0.262. The third-order valence-electron chi connectivity index (χ3n) is 5.45. The monoisotopic (exact) mass is 564 g/mol. The van der Waals surface area contributed by atoms with Gasteiger partial charge in [-0.05, 0) is 24.3 Å². The van der Waals surface area contributed by atoms with Crippen LogP contribution >= 0.6 is 0 Å². The van der Waals surface area contributed by atoms with Crippen molar-refractivity contribution < 1.29 is 22.3 Å². The molecule has 14 heteroatoms. The van der Waals surface area contributed by atoms with Crippen molar-refractivity contribution in [2.24, 2.45) is 0 Å². The molecular weight excluding hydrogens is 539 g/mol. The van der Waals surface area contributed by atoms with Gasteiger partial charge in [-0.2, -0.15) is 20.3 Å². The highest BCUT2D eigenvalue weighted by atomic mass is 32.2. The number of ether oxygens (including phenoxy) is 1. The number of sulfone groups is 1. The maximum Gasteiger partial charge on any atom is 0.324 e. The van der Waals surface area contributed by atoms with Gasteiger partial charge < -0.3 is 15.8 Å². The molecule has 2 aromatic carbocycles. The van der Waals surface area contributed by atoms with Crippen LogP contribution in [-0.4, -0.2) is 40.5 Å². The van der Waals surface area contributed by atoms with E-state index < -0.39 is 38.5 Å². The molecule has 4 rings (SSSR count). The summed E-state index contributed by atoms with van der Waals surface area (Å²) in [5.74, 6) is -1.50. The number of nitrogens with zero attached hydrogens (tertiary/aromatic N) is 5. The SMILES string of the molecule is CC(C)(C)c1cc(NC(=O)Nc2ccc(Oc3nc(S(C)(=O)=O)nc(N)c3C#N)cc2F)n(-c2ccccc2)n1. The average molecular weight is 565 g/mol. The minimum Gasteiger partial charge on any atom is -0.437 e. The molecule has 0 spiro atoms. The fraction of sp³-hybridized carbons (Fsp3) is 0.192. The molecular formula is C26H25FN8O4S. The van der Waals surface area contributed by atoms with Gasteiger partial charge in [0.05, 0.1) is 17.1 Å². The Bertz CT molecular complexity index is 1740. The molecule has 4 N–H and O–H groups in total. The predicted octanol–water partition coefficient (Wildman–Crippen LogP) is 4.39. The van der Waals surface area contributed by atoms with Gasteiger partial charge in [-0.15, -0.1) is 0 Å². The zero-order valence-electron chi connectivity index (χ0n) is 21.9. The molecule has 0 saturated carbocycles. The van der Waals surface area contributed by atoms with Gasteiger partial charge in [-0.25, -0.2) is 22.3 Å². The van der Waals surface area contributed by atoms with Gasteiger partial charge in [0.15, 0.2) is 5.56 Å². The van der Waals surface area contributed by atoms with Crippen LogP contribution in [0.2, 0.25) is 0 Å². The van der Waals surface area contributed by atoms with Gasteiger partial charge in [0, 0.05) is 23.8 Å². The van der Waals surface area contributed by atoms with Crippen LogP contribution in [0.25, 0.3) is 5.69 Å². The zero-order valence-corrected chi connectivity index (χ0v) is 22.7. The normalized spacial score (nSPS) is 11.5. The largest absolute Gasteiger partial charge is 0.437 e. The van der Waals surface area contributed by atoms with Crippen LogP contribution in [0.15, 0.2) is 59.8 Å². The molecule has 12 nitrogen and oxygen atoms in total. The fourth-order valence-electron chi connectivity index (χ4n) is 3.43. The summed E-state index contributed by atoms with van der Waals surface area (Å²) in [5, 5.41) is 18.5. The lowest BCUT2D eigenvalue weighted by Gasteiger charge is -2.14. The van der Waals surface area contributed by atoms with Crippen molar-refractivity contribution in [2.45, 2.75) is 31.3 Å². The maximum absolute atomic E-state index is 14.9. The number of nitriles is 1. The minimum atomic E-state index is -3.87. The van der Waals surface area contributed by atoms with Crippen molar-refractivity contribution in [1.29, 1.82) is 5.26 Å². The van der Waals surface area contributed by atoms with E-state index in [4.69, 9.17) is 10.5 Å². The smallest absolute Gasteiger partial charge is 0.324 e. The van der Waals surface area contributed by atoms with Crippen molar-refractivity contribution in [2.75, 3.05) is 22.6 Å². The van der Waals surface area contributed by atoms with Crippen LogP contribution in [0.4, 0.5) is 26.5 Å². The highest BCUT2D eigenvalue weighted by molar-refractivity contribution is 7.90. The number of benzene rings is 2. The molecule has 40 heavy (non-hydrogen) atoms. The summed E-state index contributed by atoms with van der Waals surface area (Å²) in [6.45, 7) is 5.97. The molecule has 2 aromatic heterocycles. The molecule has 0 aliphatic rings. The topological polar surface area (TPSA) is 178 Å². The molecule has 0 unspecified atom stereocenters. The predicted molar refractivity (Wildman–Crippen MR) is 146 cm³/mol. The number of nitrogens with one attached hydrogen (secondary N) is 2. The number of amides is 2. The number of hydrogen-bond acceptors (Lipinski definition) is 9. The Kier molecular flexibility index (Phi) is 7.43. The quantitative estimate of drug-likeness (QED) is 0.286. The second-order valence-electron chi connectivity index (χ2n) is 9.69. The zero-order chi connectivity index (χ0) is 29.2. The first-order valence-electron chi connectivity index (χ1n) is 11.8. The number of urea groups is 1. The molecule has 0 saturated heterocycles. The van der Waals surface area contributed by atoms with Crippen molar-refractivity contribution in [3.8, 4) is 23.4 Å². The van der Waals surface area contributed by atoms with E-state index in [0.717, 1.165) is 23.7 Å². The average Bonchev–Trinajstić information content (AvgIpc) is 3.30. The molecule has 0 aliphatic carbocycles. The van der Waals surface area contributed by atoms with E-state index in [2.05, 4.69) is 25.7 Å². The highest BCUT2D eigenvalue weighted by Gasteiger charge is 2.23. The summed E-state index contributed by atoms with van der Waals surface area (Å²) >= 11 is 0. The number of para-hydroxylation sites is 1. The van der Waals surface area contributed by atoms with E-state index in [1.165, 1.54) is 12.1 Å². The Labute approximate surface area is 229 Å². The number of hydrogen-bond donors (Lipinski definition) is 3. The molecule has 2 amide bonds. The molecule has 2 heterocycles. The Morgan fingerprint density at radius 3 is 2.40 bits per heavy atom. The Morgan fingerprint density at radius 2 is 1.80 bits per heavy atom. The van der Waals surface area contributed by atoms with Crippen LogP contribution in [0.3, 0.4) is 0 Å². The van der Waals surface area contributed by atoms with Crippen LogP contribution in [0.5, 0.6) is 11.6 Å². The van der Waals surface area contributed by atoms with Crippen LogP contribution in [0, 0.1) is 17.1 Å². The lowest BCUT2D eigenvalue weighted by atomic mass is 9.92. The van der Waals surface area contributed by atoms with E-state index in [1.807, 2.05) is 51.1 Å². The van der Waals surface area contributed by atoms with E-state index >= 15 is 0 Å². The van der Waals surface area contributed by atoms with Gasteiger partial charge in [-0.1, -0.05) is 39.0 Å². The van der Waals surface area contributed by atoms with E-state index in [0.29, 0.717) is 5.82 Å². The summed E-state index contributed by atoms with van der Waals surface area (Å²) in [6, 6.07) is 15.4. The Balaban J connectivity index is 1.56. The molecule has 0 fully saturated rings. The number of nitrogens with two attached hydrogens (primary N) is 1. The summed E-state index contributed by atoms with van der Waals surface area (Å²) in [7, 11) is -3.87. The van der Waals surface area contributed by atoms with Crippen molar-refractivity contribution >= 4 is 33.2 Å². The summed E-state index contributed by atoms with van der Waals surface area (Å²) in [5.41, 5.74) is 6.35. The van der Waals surface area contributed by atoms with Crippen LogP contribution in [-0.2, 0) is 15.3 Å². The number of rotatable bonds is 6. The number of carbonyl (C=O) groups is 1. The molecule has 0 radical (unpaired) electrons. The second kappa shape index (κ2) is 10.6. The number of aromatic nitrogens is 4. The molecule has 0 aliphatic heterocycles. The fourth-order valence-corrected chi connectivity index (χ4v) is 3.94. The molecule has 206 valence electrons. The first-order valence-corrected chi connectivity index (χ1v) is 13.6. The van der Waals surface area contributed by atoms with E-state index in [9.17, 15) is 22.9 Å². The van der Waals surface area contributed by atoms with Gasteiger partial charge in [0.25, 0.3) is 5.16 Å². The van der Waals surface area contributed by atoms with Crippen molar-refractivity contribution in [3.63, 3.8) is 0 Å². The minimum absolute atomic E-state index is 0.130. The Morgan fingerprint density at radius 1 is 1.10 bits per heavy atom. The Hall–Kier alpha value is -5.03. The van der Waals surface area contributed by atoms with Crippen LogP contribution < -0.4 is 21.1 Å². The second-order valence-corrected chi connectivity index (χ2v) is 11.6.